The first-order valence-electron chi connectivity index (χ1n) is 30.6. The molecule has 0 radical (unpaired) electrons. The van der Waals surface area contributed by atoms with Crippen LogP contribution in [0.25, 0.3) is 0 Å². The molecular formula is C57H104N4O24. The Morgan fingerprint density at radius 3 is 0.494 bits per heavy atom. The fourth-order valence-electron chi connectivity index (χ4n) is 8.41. The molecule has 28 heteroatoms. The molecule has 4 rings (SSSR count). The molecule has 0 unspecified atom stereocenters. The predicted octanol–water partition coefficient (Wildman–Crippen LogP) is -0.766. The minimum atomic E-state index is -1.54. The zero-order valence-corrected chi connectivity index (χ0v) is 50.9. The van der Waals surface area contributed by atoms with E-state index in [-0.39, 0.29) is 25.7 Å². The summed E-state index contributed by atoms with van der Waals surface area (Å²) in [5, 5.41) is 0. The van der Waals surface area contributed by atoms with E-state index >= 15 is 0 Å². The van der Waals surface area contributed by atoms with Gasteiger partial charge in [-0.1, -0.05) is 0 Å². The number of hydrogen-bond acceptors (Lipinski definition) is 28. The van der Waals surface area contributed by atoms with E-state index in [1.54, 1.807) is 0 Å². The first-order valence-corrected chi connectivity index (χ1v) is 30.6. The fraction of sp³-hybridized carbons (Fsp3) is 0.930. The van der Waals surface area contributed by atoms with E-state index in [0.717, 1.165) is 0 Å². The second-order valence-corrected chi connectivity index (χ2v) is 20.3. The molecule has 28 nitrogen and oxygen atoms in total. The molecule has 496 valence electrons. The molecule has 4 aliphatic heterocycles. The summed E-state index contributed by atoms with van der Waals surface area (Å²) in [6.07, 6.45) is -0.121. The number of rotatable bonds is 20. The van der Waals surface area contributed by atoms with Gasteiger partial charge in [0.1, 0.15) is 31.8 Å². The summed E-state index contributed by atoms with van der Waals surface area (Å²) < 4.78 is 115. The van der Waals surface area contributed by atoms with Crippen molar-refractivity contribution in [1.29, 1.82) is 0 Å². The molecule has 0 aliphatic carbocycles. The summed E-state index contributed by atoms with van der Waals surface area (Å²) in [7, 11) is 0. The topological polar surface area (TPSA) is 266 Å². The molecule has 0 aromatic heterocycles. The van der Waals surface area contributed by atoms with Gasteiger partial charge in [-0.3, -0.25) is 38.8 Å². The Hall–Kier alpha value is -2.92. The quantitative estimate of drug-likeness (QED) is 0.107. The van der Waals surface area contributed by atoms with Gasteiger partial charge in [0.2, 0.25) is 0 Å². The molecular weight excluding hydrogens is 1120 g/mol. The fourth-order valence-corrected chi connectivity index (χ4v) is 8.41. The predicted molar refractivity (Wildman–Crippen MR) is 304 cm³/mol. The second-order valence-electron chi connectivity index (χ2n) is 20.3. The zero-order valence-electron chi connectivity index (χ0n) is 50.9. The van der Waals surface area contributed by atoms with Crippen molar-refractivity contribution in [1.82, 2.24) is 19.6 Å². The number of carbonyl (C=O) groups is 4. The summed E-state index contributed by atoms with van der Waals surface area (Å²) in [5.74, 6) is -2.31. The van der Waals surface area contributed by atoms with Crippen LogP contribution in [0.4, 0.5) is 0 Å². The maximum atomic E-state index is 13.9. The molecule has 0 aromatic rings. The molecule has 0 saturated carbocycles. The lowest BCUT2D eigenvalue weighted by atomic mass is 9.92. The van der Waals surface area contributed by atoms with Crippen molar-refractivity contribution in [2.45, 2.75) is 25.7 Å². The molecule has 0 N–H and O–H groups in total. The number of ether oxygens (including phenoxy) is 20. The molecule has 4 fully saturated rings. The van der Waals surface area contributed by atoms with Crippen molar-refractivity contribution in [2.24, 2.45) is 5.41 Å². The van der Waals surface area contributed by atoms with Gasteiger partial charge in [0, 0.05) is 78.5 Å². The highest BCUT2D eigenvalue weighted by atomic mass is 16.6. The van der Waals surface area contributed by atoms with Gasteiger partial charge >= 0.3 is 23.9 Å². The highest BCUT2D eigenvalue weighted by Crippen LogP contribution is 2.23. The highest BCUT2D eigenvalue weighted by molar-refractivity contribution is 5.71. The Morgan fingerprint density at radius 1 is 0.224 bits per heavy atom. The van der Waals surface area contributed by atoms with Crippen molar-refractivity contribution in [2.75, 3.05) is 316 Å². The van der Waals surface area contributed by atoms with Crippen LogP contribution in [0.2, 0.25) is 0 Å². The smallest absolute Gasteiger partial charge is 0.307 e. The average molecular weight is 1230 g/mol. The molecule has 4 saturated heterocycles. The van der Waals surface area contributed by atoms with Crippen LogP contribution in [-0.2, 0) is 114 Å². The van der Waals surface area contributed by atoms with E-state index < -0.39 is 55.7 Å². The standard InChI is InChI=1S/C57H104N4O24/c62-53(1-5-58-9-17-66-25-33-74-41-42-75-34-26-67-18-10-58)82-49-57(50-83-54(63)2-6-59-11-19-68-27-35-76-43-44-77-36-28-69-20-12-59,51-84-55(64)3-7-60-13-21-70-29-37-78-45-46-79-38-30-71-22-14-60)52-85-56(65)4-8-61-15-23-72-31-39-80-47-48-81-40-32-73-24-16-61/h1-52H2. The van der Waals surface area contributed by atoms with E-state index in [2.05, 4.69) is 0 Å². The molecule has 4 aliphatic rings. The van der Waals surface area contributed by atoms with Crippen LogP contribution in [0.3, 0.4) is 0 Å². The SMILES string of the molecule is O=C(CCN1CCOCCOCCOCCOCC1)OCC(COC(=O)CCN1CCOCCOCCOCCOCC1)(COC(=O)CCN1CCOCCOCCOCCOCC1)COC(=O)CCN1CCOCCOCCOCCOCC1. The number of carbonyl (C=O) groups excluding carboxylic acids is 4. The molecule has 0 amide bonds. The van der Waals surface area contributed by atoms with E-state index in [1.807, 2.05) is 19.6 Å². The van der Waals surface area contributed by atoms with Crippen LogP contribution in [0, 0.1) is 5.41 Å². The lowest BCUT2D eigenvalue weighted by Crippen LogP contribution is -2.44. The van der Waals surface area contributed by atoms with E-state index in [9.17, 15) is 19.2 Å². The second kappa shape index (κ2) is 53.0. The summed E-state index contributed by atoms with van der Waals surface area (Å²) in [6, 6.07) is 0. The summed E-state index contributed by atoms with van der Waals surface area (Å²) in [5.41, 5.74) is -1.54. The van der Waals surface area contributed by atoms with Crippen LogP contribution >= 0.6 is 0 Å². The monoisotopic (exact) mass is 1230 g/mol. The summed E-state index contributed by atoms with van der Waals surface area (Å²) >= 11 is 0. The molecule has 0 bridgehead atoms. The Balaban J connectivity index is 1.51. The largest absolute Gasteiger partial charge is 0.465 e. The first kappa shape index (κ1) is 74.5. The van der Waals surface area contributed by atoms with Gasteiger partial charge in [0.05, 0.1) is 237 Å². The third kappa shape index (κ3) is 42.6. The molecule has 0 atom stereocenters. The van der Waals surface area contributed by atoms with Gasteiger partial charge in [0.15, 0.2) is 0 Å². The van der Waals surface area contributed by atoms with Gasteiger partial charge in [-0.05, 0) is 0 Å². The van der Waals surface area contributed by atoms with Crippen LogP contribution < -0.4 is 0 Å². The van der Waals surface area contributed by atoms with Gasteiger partial charge < -0.3 is 94.7 Å². The number of esters is 4. The minimum Gasteiger partial charge on any atom is -0.465 e. The Labute approximate surface area is 503 Å². The van der Waals surface area contributed by atoms with Crippen LogP contribution in [0.5, 0.6) is 0 Å². The number of hydrogen-bond donors (Lipinski definition) is 0. The van der Waals surface area contributed by atoms with E-state index in [1.165, 1.54) is 0 Å². The van der Waals surface area contributed by atoms with Crippen LogP contribution in [-0.4, -0.2) is 360 Å². The maximum absolute atomic E-state index is 13.9. The maximum Gasteiger partial charge on any atom is 0.307 e. The Bertz CT molecular complexity index is 1340. The lowest BCUT2D eigenvalue weighted by molar-refractivity contribution is -0.171. The van der Waals surface area contributed by atoms with Gasteiger partial charge in [0.25, 0.3) is 0 Å². The van der Waals surface area contributed by atoms with E-state index in [0.29, 0.717) is 290 Å². The van der Waals surface area contributed by atoms with E-state index in [4.69, 9.17) is 94.7 Å². The first-order chi connectivity index (χ1) is 41.9. The lowest BCUT2D eigenvalue weighted by Gasteiger charge is -2.32. The molecule has 4 heterocycles. The molecule has 85 heavy (non-hydrogen) atoms. The van der Waals surface area contributed by atoms with Crippen LogP contribution in [0.1, 0.15) is 25.7 Å². The van der Waals surface area contributed by atoms with Crippen LogP contribution in [0.15, 0.2) is 0 Å². The third-order valence-electron chi connectivity index (χ3n) is 13.6. The van der Waals surface area contributed by atoms with Crippen molar-refractivity contribution < 1.29 is 114 Å². The molecule has 0 aromatic carbocycles. The van der Waals surface area contributed by atoms with Crippen molar-refractivity contribution in [3.05, 3.63) is 0 Å². The normalized spacial score (nSPS) is 21.9. The highest BCUT2D eigenvalue weighted by Gasteiger charge is 2.38. The van der Waals surface area contributed by atoms with Crippen molar-refractivity contribution in [3.8, 4) is 0 Å². The van der Waals surface area contributed by atoms with Gasteiger partial charge in [-0.15, -0.1) is 0 Å². The Kier molecular flexibility index (Phi) is 46.4. The third-order valence-corrected chi connectivity index (χ3v) is 13.6. The zero-order chi connectivity index (χ0) is 60.0. The van der Waals surface area contributed by atoms with Gasteiger partial charge in [-0.25, -0.2) is 0 Å². The average Bonchev–Trinajstić information content (AvgIpc) is 3.72. The van der Waals surface area contributed by atoms with Gasteiger partial charge in [-0.2, -0.15) is 0 Å². The molecule has 0 spiro atoms. The summed E-state index contributed by atoms with van der Waals surface area (Å²) in [6.45, 7) is 17.2. The Morgan fingerprint density at radius 2 is 0.353 bits per heavy atom. The number of nitrogens with zero attached hydrogens (tertiary/aromatic N) is 4. The van der Waals surface area contributed by atoms with Crippen molar-refractivity contribution in [3.63, 3.8) is 0 Å². The minimum absolute atomic E-state index is 0.0302. The summed E-state index contributed by atoms with van der Waals surface area (Å²) in [4.78, 5) is 63.6. The van der Waals surface area contributed by atoms with Crippen molar-refractivity contribution >= 4 is 23.9 Å².